The largest absolute Gasteiger partial charge is 0.480 e. The number of hydrogen-bond acceptors (Lipinski definition) is 4. The number of thiophene rings is 1. The van der Waals surface area contributed by atoms with Gasteiger partial charge in [-0.2, -0.15) is 4.31 Å². The van der Waals surface area contributed by atoms with E-state index >= 15 is 0 Å². The summed E-state index contributed by atoms with van der Waals surface area (Å²) in [4.78, 5) is 10.8. The smallest absolute Gasteiger partial charge is 0.318 e. The van der Waals surface area contributed by atoms with E-state index in [4.69, 9.17) is 16.7 Å². The molecule has 1 N–H and O–H groups in total. The van der Waals surface area contributed by atoms with Crippen molar-refractivity contribution in [1.29, 1.82) is 0 Å². The molecule has 0 spiro atoms. The van der Waals surface area contributed by atoms with Crippen LogP contribution in [0.4, 0.5) is 0 Å². The van der Waals surface area contributed by atoms with E-state index in [1.807, 2.05) is 0 Å². The monoisotopic (exact) mass is 309 g/mol. The molecule has 0 unspecified atom stereocenters. The minimum atomic E-state index is -3.80. The zero-order valence-electron chi connectivity index (χ0n) is 9.37. The van der Waals surface area contributed by atoms with Crippen LogP contribution < -0.4 is 0 Å². The van der Waals surface area contributed by atoms with E-state index in [1.54, 1.807) is 5.38 Å². The molecule has 0 atom stereocenters. The summed E-state index contributed by atoms with van der Waals surface area (Å²) in [5, 5.41) is 10.6. The van der Waals surface area contributed by atoms with Crippen molar-refractivity contribution in [2.24, 2.45) is 0 Å². The lowest BCUT2D eigenvalue weighted by molar-refractivity contribution is -0.137. The molecule has 1 aromatic heterocycles. The molecule has 1 aromatic rings. The summed E-state index contributed by atoms with van der Waals surface area (Å²) in [5.41, 5.74) is 0. The Labute approximate surface area is 114 Å². The first-order valence-electron chi connectivity index (χ1n) is 5.39. The molecule has 18 heavy (non-hydrogen) atoms. The molecule has 1 aliphatic carbocycles. The molecule has 1 aliphatic rings. The van der Waals surface area contributed by atoms with E-state index in [9.17, 15) is 13.2 Å². The van der Waals surface area contributed by atoms with Crippen LogP contribution in [-0.4, -0.2) is 36.4 Å². The van der Waals surface area contributed by atoms with Gasteiger partial charge < -0.3 is 5.11 Å². The van der Waals surface area contributed by atoms with Gasteiger partial charge in [0.25, 0.3) is 10.0 Å². The van der Waals surface area contributed by atoms with Crippen LogP contribution >= 0.6 is 22.9 Å². The van der Waals surface area contributed by atoms with Gasteiger partial charge in [-0.1, -0.05) is 18.0 Å². The van der Waals surface area contributed by atoms with Gasteiger partial charge in [-0.25, -0.2) is 8.42 Å². The molecule has 0 aromatic carbocycles. The van der Waals surface area contributed by atoms with Crippen molar-refractivity contribution >= 4 is 38.9 Å². The molecule has 100 valence electrons. The van der Waals surface area contributed by atoms with Crippen LogP contribution in [0.3, 0.4) is 0 Å². The van der Waals surface area contributed by atoms with Crippen LogP contribution in [0.25, 0.3) is 0 Å². The van der Waals surface area contributed by atoms with Gasteiger partial charge in [0.05, 0.1) is 5.02 Å². The number of rotatable bonds is 5. The van der Waals surface area contributed by atoms with Gasteiger partial charge in [0.15, 0.2) is 4.21 Å². The van der Waals surface area contributed by atoms with Crippen LogP contribution in [0.5, 0.6) is 0 Å². The first kappa shape index (κ1) is 13.8. The minimum absolute atomic E-state index is 0.0253. The zero-order valence-corrected chi connectivity index (χ0v) is 11.8. The predicted molar refractivity (Wildman–Crippen MR) is 68.5 cm³/mol. The minimum Gasteiger partial charge on any atom is -0.480 e. The van der Waals surface area contributed by atoms with Crippen LogP contribution in [0.2, 0.25) is 5.02 Å². The van der Waals surface area contributed by atoms with Gasteiger partial charge in [-0.3, -0.25) is 4.79 Å². The lowest BCUT2D eigenvalue weighted by atomic mass is 9.93. The molecule has 8 heteroatoms. The topological polar surface area (TPSA) is 74.7 Å². The first-order valence-corrected chi connectivity index (χ1v) is 8.09. The normalized spacial score (nSPS) is 16.8. The second-order valence-electron chi connectivity index (χ2n) is 4.08. The van der Waals surface area contributed by atoms with Crippen LogP contribution in [-0.2, 0) is 14.8 Å². The third-order valence-corrected chi connectivity index (χ3v) is 6.80. The van der Waals surface area contributed by atoms with Gasteiger partial charge in [0.1, 0.15) is 6.54 Å². The summed E-state index contributed by atoms with van der Waals surface area (Å²) in [6.07, 6.45) is 2.33. The Morgan fingerprint density at radius 1 is 1.56 bits per heavy atom. The Morgan fingerprint density at radius 3 is 2.61 bits per heavy atom. The van der Waals surface area contributed by atoms with Crippen molar-refractivity contribution in [2.45, 2.75) is 29.5 Å². The summed E-state index contributed by atoms with van der Waals surface area (Å²) >= 11 is 6.84. The van der Waals surface area contributed by atoms with Gasteiger partial charge in [-0.05, 0) is 24.3 Å². The highest BCUT2D eigenvalue weighted by Crippen LogP contribution is 2.34. The van der Waals surface area contributed by atoms with Crippen molar-refractivity contribution in [3.63, 3.8) is 0 Å². The summed E-state index contributed by atoms with van der Waals surface area (Å²) in [6.45, 7) is -0.513. The Hall–Kier alpha value is -0.630. The highest BCUT2D eigenvalue weighted by Gasteiger charge is 2.37. The number of halogens is 1. The van der Waals surface area contributed by atoms with E-state index in [0.29, 0.717) is 12.8 Å². The van der Waals surface area contributed by atoms with Crippen LogP contribution in [0, 0.1) is 0 Å². The molecule has 5 nitrogen and oxygen atoms in total. The number of carboxylic acids is 1. The van der Waals surface area contributed by atoms with Crippen molar-refractivity contribution in [3.8, 4) is 0 Å². The molecule has 0 amide bonds. The lowest BCUT2D eigenvalue weighted by Gasteiger charge is -2.35. The fourth-order valence-corrected chi connectivity index (χ4v) is 5.21. The average molecular weight is 310 g/mol. The number of hydrogen-bond donors (Lipinski definition) is 1. The first-order chi connectivity index (χ1) is 8.43. The Balaban J connectivity index is 2.34. The molecule has 1 heterocycles. The Bertz CT molecular complexity index is 550. The van der Waals surface area contributed by atoms with Gasteiger partial charge >= 0.3 is 5.97 Å². The Kier molecular flexibility index (Phi) is 3.96. The van der Waals surface area contributed by atoms with Crippen molar-refractivity contribution in [1.82, 2.24) is 4.31 Å². The van der Waals surface area contributed by atoms with Crippen molar-refractivity contribution < 1.29 is 18.3 Å². The average Bonchev–Trinajstić information content (AvgIpc) is 2.60. The highest BCUT2D eigenvalue weighted by molar-refractivity contribution is 7.91. The van der Waals surface area contributed by atoms with Gasteiger partial charge in [-0.15, -0.1) is 11.3 Å². The molecule has 0 radical (unpaired) electrons. The summed E-state index contributed by atoms with van der Waals surface area (Å²) in [6, 6.07) is 1.28. The molecule has 2 rings (SSSR count). The third-order valence-electron chi connectivity index (χ3n) is 2.90. The quantitative estimate of drug-likeness (QED) is 0.903. The molecule has 1 fully saturated rings. The number of carboxylic acid groups (broad SMARTS) is 1. The predicted octanol–water partition coefficient (Wildman–Crippen LogP) is 2.03. The van der Waals surface area contributed by atoms with Gasteiger partial charge in [0, 0.05) is 6.04 Å². The second kappa shape index (κ2) is 5.16. The molecule has 0 bridgehead atoms. The van der Waals surface area contributed by atoms with E-state index < -0.39 is 22.5 Å². The molecular weight excluding hydrogens is 298 g/mol. The fraction of sp³-hybridized carbons (Fsp3) is 0.500. The van der Waals surface area contributed by atoms with Crippen LogP contribution in [0.15, 0.2) is 15.7 Å². The molecular formula is C10H12ClNO4S2. The molecule has 0 aliphatic heterocycles. The number of sulfonamides is 1. The van der Waals surface area contributed by atoms with E-state index in [2.05, 4.69) is 0 Å². The zero-order chi connectivity index (χ0) is 13.3. The SMILES string of the molecule is O=C(O)CN(C1CCC1)S(=O)(=O)c1sccc1Cl. The lowest BCUT2D eigenvalue weighted by Crippen LogP contribution is -2.46. The highest BCUT2D eigenvalue weighted by atomic mass is 35.5. The standard InChI is InChI=1S/C10H12ClNO4S2/c11-8-4-5-17-10(8)18(15,16)12(6-9(13)14)7-2-1-3-7/h4-5,7H,1-3,6H2,(H,13,14). The number of nitrogens with zero attached hydrogens (tertiary/aromatic N) is 1. The van der Waals surface area contributed by atoms with E-state index in [0.717, 1.165) is 22.1 Å². The molecule has 0 saturated heterocycles. The molecule has 1 saturated carbocycles. The summed E-state index contributed by atoms with van der Waals surface area (Å²) in [7, 11) is -3.80. The number of aliphatic carboxylic acids is 1. The third kappa shape index (κ3) is 2.54. The maximum atomic E-state index is 12.4. The van der Waals surface area contributed by atoms with Crippen molar-refractivity contribution in [2.75, 3.05) is 6.54 Å². The van der Waals surface area contributed by atoms with E-state index in [1.165, 1.54) is 6.07 Å². The summed E-state index contributed by atoms with van der Waals surface area (Å²) in [5.74, 6) is -1.15. The van der Waals surface area contributed by atoms with Crippen LogP contribution in [0.1, 0.15) is 19.3 Å². The Morgan fingerprint density at radius 2 is 2.22 bits per heavy atom. The van der Waals surface area contributed by atoms with E-state index in [-0.39, 0.29) is 15.3 Å². The number of carbonyl (C=O) groups is 1. The second-order valence-corrected chi connectivity index (χ2v) is 7.49. The summed E-state index contributed by atoms with van der Waals surface area (Å²) < 4.78 is 25.8. The van der Waals surface area contributed by atoms with Gasteiger partial charge in [0.2, 0.25) is 0 Å². The maximum absolute atomic E-state index is 12.4. The fourth-order valence-electron chi connectivity index (χ4n) is 1.79. The van der Waals surface area contributed by atoms with Crippen molar-refractivity contribution in [3.05, 3.63) is 16.5 Å². The maximum Gasteiger partial charge on any atom is 0.318 e.